The van der Waals surface area contributed by atoms with Crippen LogP contribution in [0.3, 0.4) is 0 Å². The van der Waals surface area contributed by atoms with E-state index in [9.17, 15) is 18.0 Å². The van der Waals surface area contributed by atoms with Crippen LogP contribution in [0.25, 0.3) is 0 Å². The van der Waals surface area contributed by atoms with Crippen LogP contribution in [0, 0.1) is 6.92 Å². The number of sulfonamides is 1. The number of esters is 1. The number of rotatable bonds is 13. The third kappa shape index (κ3) is 9.04. The first-order valence-electron chi connectivity index (χ1n) is 16.1. The quantitative estimate of drug-likeness (QED) is 0.210. The lowest BCUT2D eigenvalue weighted by Crippen LogP contribution is -2.51. The van der Waals surface area contributed by atoms with Gasteiger partial charge in [0.2, 0.25) is 15.9 Å². The van der Waals surface area contributed by atoms with Crippen LogP contribution in [0.15, 0.2) is 77.7 Å². The predicted octanol–water partition coefficient (Wildman–Crippen LogP) is 4.29. The van der Waals surface area contributed by atoms with Crippen molar-refractivity contribution >= 4 is 39.2 Å². The number of carbonyl (C=O) groups is 2. The number of anilines is 1. The Morgan fingerprint density at radius 2 is 1.70 bits per heavy atom. The number of nitrogens with one attached hydrogen (secondary N) is 1. The molecule has 1 N–H and O–H groups in total. The Labute approximate surface area is 282 Å². The van der Waals surface area contributed by atoms with Crippen LogP contribution < -0.4 is 15.0 Å². The predicted molar refractivity (Wildman–Crippen MR) is 182 cm³/mol. The van der Waals surface area contributed by atoms with Crippen molar-refractivity contribution in [2.45, 2.75) is 49.6 Å². The lowest BCUT2D eigenvalue weighted by molar-refractivity contribution is -0.145. The van der Waals surface area contributed by atoms with Gasteiger partial charge >= 0.3 is 5.97 Å². The lowest BCUT2D eigenvalue weighted by atomic mass is 10.0. The number of carbonyl (C=O) groups excluding carboxylic acids is 2. The molecule has 2 fully saturated rings. The zero-order valence-corrected chi connectivity index (χ0v) is 28.5. The zero-order valence-electron chi connectivity index (χ0n) is 26.9. The second-order valence-corrected chi connectivity index (χ2v) is 14.4. The van der Waals surface area contributed by atoms with Crippen molar-refractivity contribution in [3.8, 4) is 5.75 Å². The normalized spacial score (nSPS) is 18.1. The Bertz CT molecular complexity index is 1610. The monoisotopic (exact) mass is 682 g/mol. The summed E-state index contributed by atoms with van der Waals surface area (Å²) in [4.78, 5) is 31.0. The molecule has 0 unspecified atom stereocenters. The molecule has 0 spiro atoms. The molecule has 3 aromatic rings. The highest BCUT2D eigenvalue weighted by molar-refractivity contribution is 7.89. The molecule has 252 valence electrons. The standard InChI is InChI=1S/C35H43ClN4O6S/c1-26-9-15-31(16-10-26)47(43,44)40-18-4-8-33(40)34(41)37-32(35(42)45-2)24-27-11-13-30(14-12-27)46-23-5-17-38-19-21-39(22-20-38)29-7-3-6-28(36)25-29/h3,6-7,9-16,25,32-33H,4-5,8,17-24H2,1-2H3,(H,37,41)/t32-,33-/m0/s1. The first kappa shape index (κ1) is 34.7. The van der Waals surface area contributed by atoms with Gasteiger partial charge in [-0.2, -0.15) is 4.31 Å². The van der Waals surface area contributed by atoms with E-state index in [1.54, 1.807) is 24.3 Å². The summed E-state index contributed by atoms with van der Waals surface area (Å²) in [6.07, 6.45) is 2.01. The SMILES string of the molecule is COC(=O)[C@H](Cc1ccc(OCCCN2CCN(c3cccc(Cl)c3)CC2)cc1)NC(=O)[C@@H]1CCCN1S(=O)(=O)c1ccc(C)cc1. The second kappa shape index (κ2) is 16.0. The minimum absolute atomic E-state index is 0.141. The fraction of sp³-hybridized carbons (Fsp3) is 0.429. The van der Waals surface area contributed by atoms with E-state index in [1.807, 2.05) is 49.4 Å². The Kier molecular flexibility index (Phi) is 11.8. The van der Waals surface area contributed by atoms with E-state index < -0.39 is 34.0 Å². The summed E-state index contributed by atoms with van der Waals surface area (Å²) in [5.74, 6) is -0.390. The average molecular weight is 683 g/mol. The topological polar surface area (TPSA) is 108 Å². The highest BCUT2D eigenvalue weighted by atomic mass is 35.5. The maximum Gasteiger partial charge on any atom is 0.328 e. The van der Waals surface area contributed by atoms with E-state index in [0.29, 0.717) is 19.4 Å². The third-order valence-corrected chi connectivity index (χ3v) is 10.9. The summed E-state index contributed by atoms with van der Waals surface area (Å²) in [6.45, 7) is 7.54. The van der Waals surface area contributed by atoms with Gasteiger partial charge in [-0.25, -0.2) is 13.2 Å². The molecule has 2 aliphatic heterocycles. The van der Waals surface area contributed by atoms with Crippen LogP contribution in [-0.2, 0) is 30.8 Å². The molecule has 2 atom stereocenters. The molecule has 0 aliphatic carbocycles. The van der Waals surface area contributed by atoms with Gasteiger partial charge in [0.05, 0.1) is 18.6 Å². The summed E-state index contributed by atoms with van der Waals surface area (Å²) in [5.41, 5.74) is 2.91. The molecule has 1 amide bonds. The van der Waals surface area contributed by atoms with Crippen molar-refractivity contribution in [1.82, 2.24) is 14.5 Å². The number of aryl methyl sites for hydroxylation is 1. The summed E-state index contributed by atoms with van der Waals surface area (Å²) in [5, 5.41) is 3.51. The highest BCUT2D eigenvalue weighted by Crippen LogP contribution is 2.27. The number of piperazine rings is 1. The van der Waals surface area contributed by atoms with E-state index >= 15 is 0 Å². The van der Waals surface area contributed by atoms with Crippen molar-refractivity contribution in [3.05, 3.63) is 88.9 Å². The Hall–Kier alpha value is -3.64. The Morgan fingerprint density at radius 3 is 2.38 bits per heavy atom. The van der Waals surface area contributed by atoms with E-state index in [4.69, 9.17) is 21.1 Å². The summed E-state index contributed by atoms with van der Waals surface area (Å²) >= 11 is 6.15. The summed E-state index contributed by atoms with van der Waals surface area (Å²) in [6, 6.07) is 20.1. The number of nitrogens with zero attached hydrogens (tertiary/aromatic N) is 3. The van der Waals surface area contributed by atoms with E-state index in [-0.39, 0.29) is 17.9 Å². The molecule has 2 aliphatic rings. The minimum Gasteiger partial charge on any atom is -0.494 e. The molecular weight excluding hydrogens is 640 g/mol. The largest absolute Gasteiger partial charge is 0.494 e. The fourth-order valence-electron chi connectivity index (χ4n) is 6.08. The lowest BCUT2D eigenvalue weighted by Gasteiger charge is -2.36. The van der Waals surface area contributed by atoms with Crippen LogP contribution in [0.1, 0.15) is 30.4 Å². The van der Waals surface area contributed by atoms with E-state index in [0.717, 1.165) is 66.7 Å². The number of amides is 1. The fourth-order valence-corrected chi connectivity index (χ4v) is 7.92. The van der Waals surface area contributed by atoms with Crippen LogP contribution in [0.4, 0.5) is 5.69 Å². The van der Waals surface area contributed by atoms with Crippen molar-refractivity contribution in [2.75, 3.05) is 57.9 Å². The molecule has 0 saturated carbocycles. The maximum atomic E-state index is 13.4. The van der Waals surface area contributed by atoms with Gasteiger partial charge in [-0.15, -0.1) is 0 Å². The molecule has 2 saturated heterocycles. The number of ether oxygens (including phenoxy) is 2. The molecule has 0 radical (unpaired) electrons. The number of benzene rings is 3. The molecule has 12 heteroatoms. The van der Waals surface area contributed by atoms with Gasteiger partial charge in [-0.05, 0) is 74.2 Å². The van der Waals surface area contributed by atoms with Crippen molar-refractivity contribution in [3.63, 3.8) is 0 Å². The summed E-state index contributed by atoms with van der Waals surface area (Å²) < 4.78 is 38.9. The van der Waals surface area contributed by atoms with Crippen LogP contribution in [0.2, 0.25) is 5.02 Å². The number of halogens is 1. The van der Waals surface area contributed by atoms with E-state index in [2.05, 4.69) is 21.2 Å². The maximum absolute atomic E-state index is 13.4. The molecule has 5 rings (SSSR count). The third-order valence-electron chi connectivity index (χ3n) is 8.73. The van der Waals surface area contributed by atoms with Gasteiger partial charge in [-0.1, -0.05) is 47.5 Å². The smallest absolute Gasteiger partial charge is 0.328 e. The van der Waals surface area contributed by atoms with Crippen LogP contribution in [0.5, 0.6) is 5.75 Å². The number of hydrogen-bond donors (Lipinski definition) is 1. The van der Waals surface area contributed by atoms with Gasteiger partial charge in [0.1, 0.15) is 17.8 Å². The van der Waals surface area contributed by atoms with Gasteiger partial charge in [0.25, 0.3) is 0 Å². The molecule has 0 aromatic heterocycles. The minimum atomic E-state index is -3.87. The Balaban J connectivity index is 1.09. The van der Waals surface area contributed by atoms with Gasteiger partial charge in [0, 0.05) is 56.4 Å². The van der Waals surface area contributed by atoms with Crippen molar-refractivity contribution in [2.24, 2.45) is 0 Å². The molecule has 3 aromatic carbocycles. The first-order valence-corrected chi connectivity index (χ1v) is 17.9. The van der Waals surface area contributed by atoms with Gasteiger partial charge < -0.3 is 19.7 Å². The molecule has 10 nitrogen and oxygen atoms in total. The van der Waals surface area contributed by atoms with Crippen molar-refractivity contribution < 1.29 is 27.5 Å². The van der Waals surface area contributed by atoms with Crippen molar-refractivity contribution in [1.29, 1.82) is 0 Å². The summed E-state index contributed by atoms with van der Waals surface area (Å²) in [7, 11) is -2.61. The molecule has 0 bridgehead atoms. The first-order chi connectivity index (χ1) is 22.6. The Morgan fingerprint density at radius 1 is 0.979 bits per heavy atom. The molecule has 47 heavy (non-hydrogen) atoms. The zero-order chi connectivity index (χ0) is 33.4. The van der Waals surface area contributed by atoms with E-state index in [1.165, 1.54) is 11.4 Å². The molecular formula is C35H43ClN4O6S. The number of methoxy groups -OCH3 is 1. The molecule has 2 heterocycles. The van der Waals surface area contributed by atoms with Gasteiger partial charge in [-0.3, -0.25) is 9.69 Å². The van der Waals surface area contributed by atoms with Crippen LogP contribution >= 0.6 is 11.6 Å². The van der Waals surface area contributed by atoms with Gasteiger partial charge in [0.15, 0.2) is 0 Å². The van der Waals surface area contributed by atoms with Crippen LogP contribution in [-0.4, -0.2) is 94.6 Å². The average Bonchev–Trinajstić information content (AvgIpc) is 3.59. The highest BCUT2D eigenvalue weighted by Gasteiger charge is 2.40. The second-order valence-electron chi connectivity index (χ2n) is 12.0. The number of hydrogen-bond acceptors (Lipinski definition) is 8.